The Labute approximate surface area is 204 Å². The molecule has 1 saturated heterocycles. The van der Waals surface area contributed by atoms with Crippen LogP contribution in [0.15, 0.2) is 48.5 Å². The van der Waals surface area contributed by atoms with E-state index in [1.807, 2.05) is 32.9 Å². The van der Waals surface area contributed by atoms with Crippen LogP contribution in [0.2, 0.25) is 0 Å². The number of nitriles is 1. The number of H-pyrrole nitrogens is 1. The Morgan fingerprint density at radius 2 is 1.94 bits per heavy atom. The van der Waals surface area contributed by atoms with Crippen molar-refractivity contribution >= 4 is 23.0 Å². The molecule has 2 N–H and O–H groups in total. The number of aliphatic carboxylic acids is 1. The zero-order valence-electron chi connectivity index (χ0n) is 20.1. The third-order valence-corrected chi connectivity index (χ3v) is 5.91. The first-order valence-electron chi connectivity index (χ1n) is 11.6. The van der Waals surface area contributed by atoms with E-state index in [4.69, 9.17) is 14.7 Å². The molecule has 3 aromatic rings. The molecule has 1 aliphatic rings. The Morgan fingerprint density at radius 3 is 2.60 bits per heavy atom. The highest BCUT2D eigenvalue weighted by Gasteiger charge is 2.31. The summed E-state index contributed by atoms with van der Waals surface area (Å²) in [6.45, 7) is 6.53. The van der Waals surface area contributed by atoms with E-state index in [0.717, 1.165) is 16.6 Å². The maximum Gasteiger partial charge on any atom is 0.410 e. The van der Waals surface area contributed by atoms with Crippen LogP contribution in [0, 0.1) is 11.3 Å². The standard InChI is InChI=1S/C27H29N3O5/c1-27(2,3)35-26(33)30-11-10-22(16-30)34-21-7-5-18(6-8-21)23(25(31)32)14-20-13-19-12-17(15-28)4-9-24(19)29-20/h4-9,12-13,22-23,29H,10-11,14,16H2,1-3H3,(H,31,32)/t22-,23?/m0/s1. The van der Waals surface area contributed by atoms with Crippen molar-refractivity contribution in [1.29, 1.82) is 5.26 Å². The van der Waals surface area contributed by atoms with Crippen LogP contribution in [0.25, 0.3) is 10.9 Å². The molecule has 2 heterocycles. The second kappa shape index (κ2) is 9.71. The number of aromatic nitrogens is 1. The van der Waals surface area contributed by atoms with E-state index in [9.17, 15) is 14.7 Å². The molecule has 1 aromatic heterocycles. The molecule has 0 spiro atoms. The van der Waals surface area contributed by atoms with Gasteiger partial charge in [0.15, 0.2) is 0 Å². The number of hydrogen-bond donors (Lipinski definition) is 2. The van der Waals surface area contributed by atoms with Gasteiger partial charge >= 0.3 is 12.1 Å². The van der Waals surface area contributed by atoms with E-state index < -0.39 is 17.5 Å². The van der Waals surface area contributed by atoms with Crippen molar-refractivity contribution in [3.63, 3.8) is 0 Å². The van der Waals surface area contributed by atoms with E-state index in [1.54, 1.807) is 41.3 Å². The maximum atomic E-state index is 12.3. The summed E-state index contributed by atoms with van der Waals surface area (Å²) < 4.78 is 11.5. The number of likely N-dealkylation sites (tertiary alicyclic amines) is 1. The van der Waals surface area contributed by atoms with Gasteiger partial charge in [-0.15, -0.1) is 0 Å². The molecule has 0 bridgehead atoms. The minimum Gasteiger partial charge on any atom is -0.489 e. The number of carboxylic acid groups (broad SMARTS) is 1. The van der Waals surface area contributed by atoms with E-state index in [1.165, 1.54) is 0 Å². The van der Waals surface area contributed by atoms with Crippen molar-refractivity contribution in [2.75, 3.05) is 13.1 Å². The monoisotopic (exact) mass is 475 g/mol. The van der Waals surface area contributed by atoms with Gasteiger partial charge in [0.25, 0.3) is 0 Å². The van der Waals surface area contributed by atoms with Crippen molar-refractivity contribution < 1.29 is 24.2 Å². The summed E-state index contributed by atoms with van der Waals surface area (Å²) in [6, 6.07) is 16.4. The predicted molar refractivity (Wildman–Crippen MR) is 130 cm³/mol. The van der Waals surface area contributed by atoms with Crippen LogP contribution in [0.4, 0.5) is 4.79 Å². The van der Waals surface area contributed by atoms with Crippen LogP contribution in [0.5, 0.6) is 5.75 Å². The third-order valence-electron chi connectivity index (χ3n) is 5.91. The van der Waals surface area contributed by atoms with Gasteiger partial charge in [0, 0.05) is 36.0 Å². The number of carbonyl (C=O) groups excluding carboxylic acids is 1. The van der Waals surface area contributed by atoms with Gasteiger partial charge in [0.1, 0.15) is 17.5 Å². The zero-order chi connectivity index (χ0) is 25.2. The summed E-state index contributed by atoms with van der Waals surface area (Å²) in [7, 11) is 0. The number of fused-ring (bicyclic) bond motifs is 1. The summed E-state index contributed by atoms with van der Waals surface area (Å²) in [6.07, 6.45) is 0.504. The lowest BCUT2D eigenvalue weighted by atomic mass is 9.94. The van der Waals surface area contributed by atoms with Crippen molar-refractivity contribution in [2.24, 2.45) is 0 Å². The molecular weight excluding hydrogens is 446 g/mol. The minimum absolute atomic E-state index is 0.145. The molecule has 1 fully saturated rings. The molecule has 2 aromatic carbocycles. The lowest BCUT2D eigenvalue weighted by Crippen LogP contribution is -2.36. The number of hydrogen-bond acceptors (Lipinski definition) is 5. The fourth-order valence-electron chi connectivity index (χ4n) is 4.23. The number of ether oxygens (including phenoxy) is 2. The largest absolute Gasteiger partial charge is 0.489 e. The normalized spacial score (nSPS) is 16.6. The van der Waals surface area contributed by atoms with Crippen molar-refractivity contribution in [3.8, 4) is 11.8 Å². The summed E-state index contributed by atoms with van der Waals surface area (Å²) >= 11 is 0. The fraction of sp³-hybridized carbons (Fsp3) is 0.370. The summed E-state index contributed by atoms with van der Waals surface area (Å²) in [5.74, 6) is -1.02. The molecule has 0 aliphatic carbocycles. The number of amides is 1. The average Bonchev–Trinajstić information content (AvgIpc) is 3.43. The SMILES string of the molecule is CC(C)(C)OC(=O)N1CC[C@H](Oc2ccc(C(Cc3cc4cc(C#N)ccc4[nH]3)C(=O)O)cc2)C1. The van der Waals surface area contributed by atoms with Gasteiger partial charge in [0.2, 0.25) is 0 Å². The van der Waals surface area contributed by atoms with Crippen LogP contribution >= 0.6 is 0 Å². The second-order valence-electron chi connectivity index (χ2n) is 9.83. The number of benzene rings is 2. The first-order valence-corrected chi connectivity index (χ1v) is 11.6. The second-order valence-corrected chi connectivity index (χ2v) is 9.83. The molecule has 35 heavy (non-hydrogen) atoms. The van der Waals surface area contributed by atoms with Crippen molar-refractivity contribution in [1.82, 2.24) is 9.88 Å². The Hall–Kier alpha value is -3.99. The molecular formula is C27H29N3O5. The van der Waals surface area contributed by atoms with Crippen LogP contribution in [0.3, 0.4) is 0 Å². The number of aromatic amines is 1. The molecule has 2 atom stereocenters. The first kappa shape index (κ1) is 24.1. The van der Waals surface area contributed by atoms with E-state index in [-0.39, 0.29) is 12.2 Å². The summed E-state index contributed by atoms with van der Waals surface area (Å²) in [5, 5.41) is 19.8. The van der Waals surface area contributed by atoms with Gasteiger partial charge in [-0.1, -0.05) is 12.1 Å². The number of nitrogens with one attached hydrogen (secondary N) is 1. The average molecular weight is 476 g/mol. The Kier molecular flexibility index (Phi) is 6.70. The predicted octanol–water partition coefficient (Wildman–Crippen LogP) is 4.84. The molecule has 1 unspecified atom stereocenters. The summed E-state index contributed by atoms with van der Waals surface area (Å²) in [4.78, 5) is 29.2. The molecule has 0 saturated carbocycles. The zero-order valence-corrected chi connectivity index (χ0v) is 20.1. The lowest BCUT2D eigenvalue weighted by molar-refractivity contribution is -0.138. The molecule has 8 heteroatoms. The fourth-order valence-corrected chi connectivity index (χ4v) is 4.23. The van der Waals surface area contributed by atoms with Gasteiger partial charge in [-0.05, 0) is 62.7 Å². The Morgan fingerprint density at radius 1 is 1.20 bits per heavy atom. The highest BCUT2D eigenvalue weighted by Crippen LogP contribution is 2.27. The lowest BCUT2D eigenvalue weighted by Gasteiger charge is -2.24. The number of carbonyl (C=O) groups is 2. The minimum atomic E-state index is -0.918. The van der Waals surface area contributed by atoms with E-state index >= 15 is 0 Å². The van der Waals surface area contributed by atoms with Gasteiger partial charge in [-0.2, -0.15) is 5.26 Å². The molecule has 8 nitrogen and oxygen atoms in total. The van der Waals surface area contributed by atoms with Crippen LogP contribution in [0.1, 0.15) is 49.9 Å². The number of nitrogens with zero attached hydrogens (tertiary/aromatic N) is 2. The van der Waals surface area contributed by atoms with Gasteiger partial charge in [-0.3, -0.25) is 4.79 Å². The Balaban J connectivity index is 1.40. The van der Waals surface area contributed by atoms with Gasteiger partial charge in [0.05, 0.1) is 24.1 Å². The Bertz CT molecular complexity index is 1270. The maximum absolute atomic E-state index is 12.3. The van der Waals surface area contributed by atoms with Crippen LogP contribution in [-0.4, -0.2) is 51.8 Å². The molecule has 4 rings (SSSR count). The quantitative estimate of drug-likeness (QED) is 0.527. The van der Waals surface area contributed by atoms with Gasteiger partial charge < -0.3 is 24.5 Å². The molecule has 0 radical (unpaired) electrons. The van der Waals surface area contributed by atoms with E-state index in [2.05, 4.69) is 11.1 Å². The highest BCUT2D eigenvalue weighted by atomic mass is 16.6. The van der Waals surface area contributed by atoms with Crippen LogP contribution in [-0.2, 0) is 16.0 Å². The number of carboxylic acids is 1. The molecule has 1 amide bonds. The highest BCUT2D eigenvalue weighted by molar-refractivity contribution is 5.82. The third kappa shape index (κ3) is 5.93. The molecule has 1 aliphatic heterocycles. The van der Waals surface area contributed by atoms with Gasteiger partial charge in [-0.25, -0.2) is 4.79 Å². The first-order chi connectivity index (χ1) is 16.6. The molecule has 182 valence electrons. The number of rotatable bonds is 6. The van der Waals surface area contributed by atoms with Crippen LogP contribution < -0.4 is 4.74 Å². The topological polar surface area (TPSA) is 116 Å². The smallest absolute Gasteiger partial charge is 0.410 e. The summed E-state index contributed by atoms with van der Waals surface area (Å²) in [5.41, 5.74) is 2.34. The van der Waals surface area contributed by atoms with E-state index in [0.29, 0.717) is 42.8 Å². The van der Waals surface area contributed by atoms with Crippen molar-refractivity contribution in [3.05, 3.63) is 65.4 Å². The van der Waals surface area contributed by atoms with Crippen molar-refractivity contribution in [2.45, 2.75) is 51.2 Å².